The number of benzene rings is 3. The zero-order valence-electron chi connectivity index (χ0n) is 63.1. The Hall–Kier alpha value is -4.87. The first kappa shape index (κ1) is 93.2. The Morgan fingerprint density at radius 2 is 0.775 bits per heavy atom. The summed E-state index contributed by atoms with van der Waals surface area (Å²) in [5.74, 6) is -1.35. The van der Waals surface area contributed by atoms with Crippen LogP contribution in [0.25, 0.3) is 0 Å². The van der Waals surface area contributed by atoms with Crippen molar-refractivity contribution in [2.75, 3.05) is 52.7 Å². The number of unbranched alkanes of at least 4 members (excludes halogenated alkanes) is 30. The molecule has 0 heterocycles. The van der Waals surface area contributed by atoms with Crippen molar-refractivity contribution >= 4 is 33.6 Å². The number of esters is 3. The van der Waals surface area contributed by atoms with Crippen molar-refractivity contribution in [3.05, 3.63) is 156 Å². The van der Waals surface area contributed by atoms with E-state index in [1.807, 2.05) is 91.0 Å². The number of nitrogens with one attached hydrogen (secondary N) is 1. The third-order valence-corrected chi connectivity index (χ3v) is 20.5. The van der Waals surface area contributed by atoms with Crippen LogP contribution in [0.1, 0.15) is 294 Å². The highest BCUT2D eigenvalue weighted by molar-refractivity contribution is 7.61. The third kappa shape index (κ3) is 49.0. The van der Waals surface area contributed by atoms with Crippen LogP contribution in [0.2, 0.25) is 0 Å². The lowest BCUT2D eigenvalue weighted by Crippen LogP contribution is -2.46. The summed E-state index contributed by atoms with van der Waals surface area (Å²) in [6.07, 6.45) is 58.8. The normalized spacial score (nSPS) is 13.4. The largest absolute Gasteiger partial charge is 0.483 e. The molecule has 17 nitrogen and oxygen atoms in total. The first-order valence-electron chi connectivity index (χ1n) is 39.4. The van der Waals surface area contributed by atoms with E-state index in [4.69, 9.17) is 48.0 Å². The number of nitrogens with two attached hydrogens (primary N) is 1. The molecule has 3 atom stereocenters. The highest BCUT2D eigenvalue weighted by atomic mass is 31.3. The van der Waals surface area contributed by atoms with E-state index >= 15 is 0 Å². The number of allylic oxidation sites excluding steroid dienone is 8. The van der Waals surface area contributed by atoms with Gasteiger partial charge in [-0.2, -0.15) is 4.31 Å². The smallest absolute Gasteiger partial charge is 0.462 e. The summed E-state index contributed by atoms with van der Waals surface area (Å²) in [5.41, 5.74) is 7.55. The minimum atomic E-state index is -5.14. The molecule has 0 radical (unpaired) electrons. The molecule has 0 aliphatic rings. The fraction of sp³-hybridized carbons (Fsp3) is 0.651. The standard InChI is InChI=1S/C62H98N2O11P2.C21H38O4/c1-3-5-7-9-11-13-15-17-19-21-23-25-27-29-40-48-60(65)70-54-59(74-61(66)49-41-30-28-26-24-22-20-18-16-14-12-10-8-6-4-2)55-73-77(69,72-52-50-63)75-76(67,68)71-53-51-64-62(56-42-34-31-35-43-56,57-44-36-32-37-45-57)58-46-38-33-39-47-58;1-2-3-4-5-6-7-8-9-10-11-12-13-14-15-16-17-21(24)25-20(18-22)19-23/h12,14,18,20,31-39,42-47,59,64H,3-11,13,15-17,19,21-30,40-41,48-55,63H2,1-2H3,(H,67,68);6-7,9-10,20,22-23H,2-5,8,11-19H2,1H3/b14-12-,20-18-;7-6-,10-9-/t59-,77?;/m1./s1. The zero-order chi connectivity index (χ0) is 74.0. The summed E-state index contributed by atoms with van der Waals surface area (Å²) < 4.78 is 65.2. The molecule has 3 rings (SSSR count). The molecule has 3 aromatic rings. The van der Waals surface area contributed by atoms with E-state index in [9.17, 15) is 28.4 Å². The van der Waals surface area contributed by atoms with Crippen LogP contribution in [-0.2, 0) is 61.1 Å². The lowest BCUT2D eigenvalue weighted by molar-refractivity contribution is -0.161. The van der Waals surface area contributed by atoms with Gasteiger partial charge >= 0.3 is 33.6 Å². The number of aliphatic hydroxyl groups excluding tert-OH is 2. The van der Waals surface area contributed by atoms with Gasteiger partial charge in [-0.05, 0) is 100 Å². The van der Waals surface area contributed by atoms with Crippen LogP contribution in [-0.4, -0.2) is 98.0 Å². The van der Waals surface area contributed by atoms with Crippen molar-refractivity contribution in [1.82, 2.24) is 5.32 Å². The number of hydrogen-bond donors (Lipinski definition) is 5. The molecule has 6 N–H and O–H groups in total. The average molecular weight is 1460 g/mol. The maximum atomic E-state index is 14.1. The highest BCUT2D eigenvalue weighted by Crippen LogP contribution is 2.63. The summed E-state index contributed by atoms with van der Waals surface area (Å²) >= 11 is 0. The second-order valence-corrected chi connectivity index (χ2v) is 29.7. The highest BCUT2D eigenvalue weighted by Gasteiger charge is 2.40. The molecule has 0 saturated carbocycles. The van der Waals surface area contributed by atoms with Gasteiger partial charge in [-0.15, -0.1) is 0 Å². The van der Waals surface area contributed by atoms with Crippen LogP contribution in [0, 0.1) is 0 Å². The SMILES string of the molecule is CCCCC/C=C\C/C=C\CCCCCCCC(=O)OC(CO)CO.CCCCC/C=C\C/C=C\CCCCCCCC(=O)O[C@H](COC(=O)CCCCCCCCCCCCCCCCC)COP(=O)(OCCN)OP(=O)(O)OCCNC(c1ccccc1)(c1ccccc1)c1ccccc1. The zero-order valence-corrected chi connectivity index (χ0v) is 64.9. The Bertz CT molecular complexity index is 2600. The summed E-state index contributed by atoms with van der Waals surface area (Å²) in [6, 6.07) is 29.5. The molecule has 0 aliphatic heterocycles. The van der Waals surface area contributed by atoms with Gasteiger partial charge in [-0.25, -0.2) is 9.13 Å². The topological polar surface area (TPSA) is 249 Å². The van der Waals surface area contributed by atoms with Crippen LogP contribution in [0.4, 0.5) is 0 Å². The lowest BCUT2D eigenvalue weighted by atomic mass is 9.77. The lowest BCUT2D eigenvalue weighted by Gasteiger charge is -2.37. The quantitative estimate of drug-likeness (QED) is 0.00880. The number of rotatable bonds is 66. The molecule has 102 heavy (non-hydrogen) atoms. The van der Waals surface area contributed by atoms with Gasteiger partial charge in [0.15, 0.2) is 6.10 Å². The molecule has 3 aromatic carbocycles. The Morgan fingerprint density at radius 1 is 0.431 bits per heavy atom. The van der Waals surface area contributed by atoms with Crippen molar-refractivity contribution in [3.8, 4) is 0 Å². The summed E-state index contributed by atoms with van der Waals surface area (Å²) in [7, 11) is -10.0. The monoisotopic (exact) mass is 1460 g/mol. The van der Waals surface area contributed by atoms with Crippen LogP contribution < -0.4 is 11.1 Å². The van der Waals surface area contributed by atoms with Crippen LogP contribution >= 0.6 is 15.6 Å². The molecule has 0 aromatic heterocycles. The molecule has 0 spiro atoms. The fourth-order valence-corrected chi connectivity index (χ4v) is 14.3. The van der Waals surface area contributed by atoms with E-state index in [1.54, 1.807) is 0 Å². The van der Waals surface area contributed by atoms with Crippen molar-refractivity contribution < 1.29 is 70.7 Å². The molecule has 19 heteroatoms. The van der Waals surface area contributed by atoms with Gasteiger partial charge < -0.3 is 35.1 Å². The Labute approximate surface area is 616 Å². The molecular formula is C83H136N2O15P2. The number of phosphoric ester groups is 2. The van der Waals surface area contributed by atoms with Crippen molar-refractivity contribution in [2.24, 2.45) is 5.73 Å². The predicted molar refractivity (Wildman–Crippen MR) is 416 cm³/mol. The number of carbonyl (C=O) groups is 3. The van der Waals surface area contributed by atoms with Gasteiger partial charge in [0.05, 0.1) is 38.6 Å². The Kier molecular flexibility index (Phi) is 58.9. The van der Waals surface area contributed by atoms with Crippen molar-refractivity contribution in [3.63, 3.8) is 0 Å². The number of phosphoric acid groups is 2. The van der Waals surface area contributed by atoms with Crippen molar-refractivity contribution in [1.29, 1.82) is 0 Å². The summed E-state index contributed by atoms with van der Waals surface area (Å²) in [6.45, 7) is 4.20. The maximum Gasteiger partial charge on any atom is 0.483 e. The van der Waals surface area contributed by atoms with Gasteiger partial charge in [0.2, 0.25) is 0 Å². The second-order valence-electron chi connectivity index (χ2n) is 26.5. The molecule has 0 fully saturated rings. The molecule has 0 saturated heterocycles. The van der Waals surface area contributed by atoms with Crippen LogP contribution in [0.15, 0.2) is 140 Å². The number of carbonyl (C=O) groups excluding carboxylic acids is 3. The predicted octanol–water partition coefficient (Wildman–Crippen LogP) is 21.0. The minimum Gasteiger partial charge on any atom is -0.462 e. The molecule has 0 aliphatic carbocycles. The Balaban J connectivity index is 0.00000119. The summed E-state index contributed by atoms with van der Waals surface area (Å²) in [5, 5.41) is 21.2. The first-order valence-corrected chi connectivity index (χ1v) is 42.3. The van der Waals surface area contributed by atoms with E-state index in [-0.39, 0.29) is 58.3 Å². The van der Waals surface area contributed by atoms with Gasteiger partial charge in [0.1, 0.15) is 12.7 Å². The van der Waals surface area contributed by atoms with Crippen LogP contribution in [0.3, 0.4) is 0 Å². The summed E-state index contributed by atoms with van der Waals surface area (Å²) in [4.78, 5) is 48.5. The first-order chi connectivity index (χ1) is 49.8. The second kappa shape index (κ2) is 64.5. The fourth-order valence-electron chi connectivity index (χ4n) is 11.6. The van der Waals surface area contributed by atoms with E-state index in [1.165, 1.54) is 128 Å². The molecular weight excluding hydrogens is 1330 g/mol. The minimum absolute atomic E-state index is 0.0406. The van der Waals surface area contributed by atoms with Crippen LogP contribution in [0.5, 0.6) is 0 Å². The third-order valence-electron chi connectivity index (χ3n) is 17.4. The number of hydrogen-bond acceptors (Lipinski definition) is 16. The van der Waals surface area contributed by atoms with E-state index < -0.39 is 58.5 Å². The maximum absolute atomic E-state index is 14.1. The van der Waals surface area contributed by atoms with Gasteiger partial charge in [0, 0.05) is 32.4 Å². The van der Waals surface area contributed by atoms with E-state index in [2.05, 4.69) is 74.7 Å². The Morgan fingerprint density at radius 3 is 1.16 bits per heavy atom. The molecule has 578 valence electrons. The van der Waals surface area contributed by atoms with Gasteiger partial charge in [0.25, 0.3) is 0 Å². The molecule has 2 unspecified atom stereocenters. The molecule has 0 bridgehead atoms. The van der Waals surface area contributed by atoms with Crippen molar-refractivity contribution in [2.45, 2.75) is 295 Å². The van der Waals surface area contributed by atoms with E-state index in [0.29, 0.717) is 19.3 Å². The molecule has 0 amide bonds. The van der Waals surface area contributed by atoms with Gasteiger partial charge in [-0.3, -0.25) is 33.3 Å². The average Bonchev–Trinajstić information content (AvgIpc) is 0.760. The van der Waals surface area contributed by atoms with Gasteiger partial charge in [-0.1, -0.05) is 314 Å². The number of ether oxygens (including phenoxy) is 3. The number of aliphatic hydroxyl groups is 2. The van der Waals surface area contributed by atoms with E-state index in [0.717, 1.165) is 113 Å².